The second-order valence-corrected chi connectivity index (χ2v) is 11.3. The first-order valence-electron chi connectivity index (χ1n) is 12.5. The van der Waals surface area contributed by atoms with Gasteiger partial charge in [-0.2, -0.15) is 8.42 Å². The van der Waals surface area contributed by atoms with Crippen LogP contribution in [0.5, 0.6) is 0 Å². The van der Waals surface area contributed by atoms with Crippen LogP contribution in [0.2, 0.25) is 0 Å². The molecule has 37 heavy (non-hydrogen) atoms. The lowest BCUT2D eigenvalue weighted by Gasteiger charge is -2.31. The SMILES string of the molecule is CC(C)COS(=O)(=O)OC[C@H](OCc1ccccc1)[C@H]1O[C@@H]2OC(C)(C)O[C@@H]2[C@H]1OCc1ccccc1. The van der Waals surface area contributed by atoms with Gasteiger partial charge in [0, 0.05) is 0 Å². The summed E-state index contributed by atoms with van der Waals surface area (Å²) in [6.45, 7) is 7.53. The highest BCUT2D eigenvalue weighted by molar-refractivity contribution is 7.81. The maximum atomic E-state index is 12.4. The van der Waals surface area contributed by atoms with Gasteiger partial charge in [-0.15, -0.1) is 0 Å². The summed E-state index contributed by atoms with van der Waals surface area (Å²) < 4.78 is 65.7. The summed E-state index contributed by atoms with van der Waals surface area (Å²) in [6, 6.07) is 19.3. The molecule has 2 aliphatic heterocycles. The molecule has 0 spiro atoms. The van der Waals surface area contributed by atoms with Crippen LogP contribution in [0.25, 0.3) is 0 Å². The van der Waals surface area contributed by atoms with E-state index in [9.17, 15) is 8.42 Å². The molecule has 2 fully saturated rings. The average molecular weight is 537 g/mol. The lowest BCUT2D eigenvalue weighted by atomic mass is 10.1. The standard InChI is InChI=1S/C27H36O9S/c1-19(2)15-32-37(28,29)33-18-22(30-16-20-11-7-5-8-12-20)23-24(31-17-21-13-9-6-10-14-21)25-26(34-23)36-27(3,4)35-25/h5-14,19,22-26H,15-18H2,1-4H3/t22-,23+,24-,25+,26+/m0/s1. The molecule has 2 heterocycles. The van der Waals surface area contributed by atoms with Crippen molar-refractivity contribution in [2.75, 3.05) is 13.2 Å². The van der Waals surface area contributed by atoms with Crippen LogP contribution in [-0.2, 0) is 55.7 Å². The van der Waals surface area contributed by atoms with Crippen molar-refractivity contribution in [1.82, 2.24) is 0 Å². The van der Waals surface area contributed by atoms with Crippen LogP contribution >= 0.6 is 0 Å². The Balaban J connectivity index is 1.52. The highest BCUT2D eigenvalue weighted by Crippen LogP contribution is 2.40. The number of hydrogen-bond donors (Lipinski definition) is 0. The Kier molecular flexibility index (Phi) is 9.36. The van der Waals surface area contributed by atoms with Crippen LogP contribution in [0.4, 0.5) is 0 Å². The van der Waals surface area contributed by atoms with E-state index < -0.39 is 46.9 Å². The number of fused-ring (bicyclic) bond motifs is 1. The van der Waals surface area contributed by atoms with Crippen LogP contribution in [0, 0.1) is 5.92 Å². The van der Waals surface area contributed by atoms with E-state index >= 15 is 0 Å². The summed E-state index contributed by atoms with van der Waals surface area (Å²) >= 11 is 0. The smallest absolute Gasteiger partial charge is 0.368 e. The Bertz CT molecular complexity index is 1080. The predicted octanol–water partition coefficient (Wildman–Crippen LogP) is 3.97. The third-order valence-electron chi connectivity index (χ3n) is 5.91. The summed E-state index contributed by atoms with van der Waals surface area (Å²) in [4.78, 5) is 0. The average Bonchev–Trinajstić information content (AvgIpc) is 3.34. The van der Waals surface area contributed by atoms with E-state index in [0.29, 0.717) is 6.61 Å². The number of benzene rings is 2. The molecule has 204 valence electrons. The maximum Gasteiger partial charge on any atom is 0.399 e. The number of hydrogen-bond acceptors (Lipinski definition) is 9. The Labute approximate surface area is 219 Å². The fourth-order valence-corrected chi connectivity index (χ4v) is 4.99. The molecule has 0 unspecified atom stereocenters. The second-order valence-electron chi connectivity index (χ2n) is 10.0. The summed E-state index contributed by atoms with van der Waals surface area (Å²) in [5.74, 6) is -0.825. The van der Waals surface area contributed by atoms with Gasteiger partial charge < -0.3 is 23.7 Å². The van der Waals surface area contributed by atoms with Crippen molar-refractivity contribution in [2.45, 2.75) is 77.4 Å². The number of rotatable bonds is 13. The normalized spacial score (nSPS) is 25.9. The first-order chi connectivity index (χ1) is 17.6. The molecule has 2 aromatic carbocycles. The second kappa shape index (κ2) is 12.3. The molecule has 2 saturated heterocycles. The molecular weight excluding hydrogens is 500 g/mol. The van der Waals surface area contributed by atoms with Crippen molar-refractivity contribution in [3.63, 3.8) is 0 Å². The van der Waals surface area contributed by atoms with Crippen LogP contribution in [-0.4, -0.2) is 58.1 Å². The van der Waals surface area contributed by atoms with Gasteiger partial charge in [0.25, 0.3) is 0 Å². The van der Waals surface area contributed by atoms with Gasteiger partial charge in [-0.3, -0.25) is 0 Å². The molecule has 9 nitrogen and oxygen atoms in total. The molecule has 0 saturated carbocycles. The minimum Gasteiger partial charge on any atom is -0.368 e. The summed E-state index contributed by atoms with van der Waals surface area (Å²) in [7, 11) is -4.23. The fourth-order valence-electron chi connectivity index (χ4n) is 4.18. The van der Waals surface area contributed by atoms with Gasteiger partial charge in [0.15, 0.2) is 12.1 Å². The first-order valence-corrected chi connectivity index (χ1v) is 13.8. The molecular formula is C27H36O9S. The van der Waals surface area contributed by atoms with E-state index in [4.69, 9.17) is 32.1 Å². The summed E-state index contributed by atoms with van der Waals surface area (Å²) in [6.07, 6.45) is -3.37. The Morgan fingerprint density at radius 1 is 0.865 bits per heavy atom. The van der Waals surface area contributed by atoms with E-state index in [2.05, 4.69) is 0 Å². The highest BCUT2D eigenvalue weighted by atomic mass is 32.3. The molecule has 0 aliphatic carbocycles. The minimum absolute atomic E-state index is 0.0154. The molecule has 0 N–H and O–H groups in total. The first kappa shape index (κ1) is 28.1. The van der Waals surface area contributed by atoms with Crippen LogP contribution in [0.3, 0.4) is 0 Å². The molecule has 4 rings (SSSR count). The van der Waals surface area contributed by atoms with E-state index in [1.165, 1.54) is 0 Å². The highest BCUT2D eigenvalue weighted by Gasteiger charge is 2.57. The number of ether oxygens (including phenoxy) is 5. The van der Waals surface area contributed by atoms with Crippen molar-refractivity contribution in [3.05, 3.63) is 71.8 Å². The van der Waals surface area contributed by atoms with Gasteiger partial charge in [0.2, 0.25) is 0 Å². The predicted molar refractivity (Wildman–Crippen MR) is 134 cm³/mol. The maximum absolute atomic E-state index is 12.4. The van der Waals surface area contributed by atoms with Crippen molar-refractivity contribution >= 4 is 10.4 Å². The van der Waals surface area contributed by atoms with Crippen molar-refractivity contribution < 1.29 is 40.5 Å². The van der Waals surface area contributed by atoms with Crippen molar-refractivity contribution in [3.8, 4) is 0 Å². The fraction of sp³-hybridized carbons (Fsp3) is 0.556. The van der Waals surface area contributed by atoms with Crippen molar-refractivity contribution in [1.29, 1.82) is 0 Å². The molecule has 0 aromatic heterocycles. The Hall–Kier alpha value is -1.89. The topological polar surface area (TPSA) is 98.8 Å². The zero-order valence-electron chi connectivity index (χ0n) is 21.6. The lowest BCUT2D eigenvalue weighted by molar-refractivity contribution is -0.236. The molecule has 10 heteroatoms. The molecule has 0 bridgehead atoms. The van der Waals surface area contributed by atoms with Gasteiger partial charge in [0.1, 0.15) is 24.4 Å². The van der Waals surface area contributed by atoms with E-state index in [0.717, 1.165) is 11.1 Å². The Morgan fingerprint density at radius 3 is 2.08 bits per heavy atom. The molecule has 2 aliphatic rings. The monoisotopic (exact) mass is 536 g/mol. The summed E-state index contributed by atoms with van der Waals surface area (Å²) in [5, 5.41) is 0. The van der Waals surface area contributed by atoms with Gasteiger partial charge in [-0.25, -0.2) is 8.37 Å². The van der Waals surface area contributed by atoms with Crippen LogP contribution in [0.1, 0.15) is 38.8 Å². The molecule has 0 amide bonds. The molecule has 2 aromatic rings. The third-order valence-corrected chi connectivity index (χ3v) is 6.76. The third kappa shape index (κ3) is 8.05. The van der Waals surface area contributed by atoms with E-state index in [1.807, 2.05) is 88.4 Å². The van der Waals surface area contributed by atoms with Crippen LogP contribution < -0.4 is 0 Å². The van der Waals surface area contributed by atoms with Crippen LogP contribution in [0.15, 0.2) is 60.7 Å². The van der Waals surface area contributed by atoms with Gasteiger partial charge >= 0.3 is 10.4 Å². The van der Waals surface area contributed by atoms with E-state index in [-0.39, 0.29) is 25.7 Å². The zero-order valence-corrected chi connectivity index (χ0v) is 22.5. The zero-order chi connectivity index (χ0) is 26.5. The Morgan fingerprint density at radius 2 is 1.46 bits per heavy atom. The molecule has 0 radical (unpaired) electrons. The van der Waals surface area contributed by atoms with E-state index in [1.54, 1.807) is 0 Å². The lowest BCUT2D eigenvalue weighted by Crippen LogP contribution is -2.45. The van der Waals surface area contributed by atoms with Gasteiger partial charge in [-0.05, 0) is 30.9 Å². The molecule has 5 atom stereocenters. The van der Waals surface area contributed by atoms with Gasteiger partial charge in [-0.1, -0.05) is 74.5 Å². The minimum atomic E-state index is -4.23. The van der Waals surface area contributed by atoms with Gasteiger partial charge in [0.05, 0.1) is 26.4 Å². The summed E-state index contributed by atoms with van der Waals surface area (Å²) in [5.41, 5.74) is 1.89. The van der Waals surface area contributed by atoms with Crippen molar-refractivity contribution in [2.24, 2.45) is 5.92 Å². The quantitative estimate of drug-likeness (QED) is 0.377. The largest absolute Gasteiger partial charge is 0.399 e.